The minimum absolute atomic E-state index is 0.189. The highest BCUT2D eigenvalue weighted by molar-refractivity contribution is 5.95. The Morgan fingerprint density at radius 1 is 1.23 bits per heavy atom. The number of aryl methyl sites for hydroxylation is 1. The molecule has 1 atom stereocenters. The average molecular weight is 408 g/mol. The number of carbonyl (C=O) groups is 1. The second-order valence-corrected chi connectivity index (χ2v) is 9.00. The zero-order valence-corrected chi connectivity index (χ0v) is 18.2. The third-order valence-corrected chi connectivity index (χ3v) is 6.72. The standard InChI is InChI=1S/C25H33N3O2/c1-3-21-8-4-5-9-23(21)24(29)28-13-10-25(11-14-28)15-22(30-19-25)18-27(2)17-20-7-6-12-26-16-20/h4-9,12,16,22H,3,10-11,13-15,17-19H2,1-2H3/t22-/m0/s1. The van der Waals surface area contributed by atoms with Crippen LogP contribution in [0.25, 0.3) is 0 Å². The molecule has 0 unspecified atom stereocenters. The Kier molecular flexibility index (Phi) is 6.49. The maximum Gasteiger partial charge on any atom is 0.254 e. The monoisotopic (exact) mass is 407 g/mol. The number of hydrogen-bond acceptors (Lipinski definition) is 4. The highest BCUT2D eigenvalue weighted by Gasteiger charge is 2.43. The summed E-state index contributed by atoms with van der Waals surface area (Å²) in [4.78, 5) is 21.6. The Balaban J connectivity index is 1.29. The van der Waals surface area contributed by atoms with Crippen molar-refractivity contribution in [3.8, 4) is 0 Å². The Labute approximate surface area is 180 Å². The molecule has 0 bridgehead atoms. The van der Waals surface area contributed by atoms with Crippen molar-refractivity contribution >= 4 is 5.91 Å². The van der Waals surface area contributed by atoms with E-state index in [1.54, 1.807) is 0 Å². The molecule has 1 amide bonds. The van der Waals surface area contributed by atoms with Crippen LogP contribution in [0.5, 0.6) is 0 Å². The maximum atomic E-state index is 13.0. The van der Waals surface area contributed by atoms with Crippen molar-refractivity contribution in [2.45, 2.75) is 45.3 Å². The number of ether oxygens (including phenoxy) is 1. The molecule has 5 nitrogen and oxygen atoms in total. The van der Waals surface area contributed by atoms with E-state index in [1.807, 2.05) is 41.6 Å². The molecule has 3 heterocycles. The van der Waals surface area contributed by atoms with Crippen molar-refractivity contribution in [1.29, 1.82) is 0 Å². The number of rotatable bonds is 6. The van der Waals surface area contributed by atoms with Crippen LogP contribution in [-0.2, 0) is 17.7 Å². The highest BCUT2D eigenvalue weighted by atomic mass is 16.5. The molecule has 1 aromatic heterocycles. The lowest BCUT2D eigenvalue weighted by atomic mass is 9.76. The van der Waals surface area contributed by atoms with Crippen LogP contribution >= 0.6 is 0 Å². The predicted molar refractivity (Wildman–Crippen MR) is 118 cm³/mol. The number of amides is 1. The molecule has 0 aliphatic carbocycles. The fraction of sp³-hybridized carbons (Fsp3) is 0.520. The molecule has 5 heteroatoms. The van der Waals surface area contributed by atoms with Gasteiger partial charge in [0.15, 0.2) is 0 Å². The van der Waals surface area contributed by atoms with Crippen LogP contribution in [0.3, 0.4) is 0 Å². The van der Waals surface area contributed by atoms with Gasteiger partial charge < -0.3 is 9.64 Å². The number of piperidine rings is 1. The van der Waals surface area contributed by atoms with Gasteiger partial charge in [-0.3, -0.25) is 14.7 Å². The number of pyridine rings is 1. The molecule has 0 N–H and O–H groups in total. The summed E-state index contributed by atoms with van der Waals surface area (Å²) < 4.78 is 6.21. The molecule has 1 spiro atoms. The molecular weight excluding hydrogens is 374 g/mol. The first-order valence-corrected chi connectivity index (χ1v) is 11.1. The van der Waals surface area contributed by atoms with E-state index in [1.165, 1.54) is 5.56 Å². The number of likely N-dealkylation sites (tertiary alicyclic amines) is 1. The van der Waals surface area contributed by atoms with Gasteiger partial charge in [0.25, 0.3) is 5.91 Å². The van der Waals surface area contributed by atoms with E-state index in [9.17, 15) is 4.79 Å². The minimum Gasteiger partial charge on any atom is -0.376 e. The first-order valence-electron chi connectivity index (χ1n) is 11.1. The topological polar surface area (TPSA) is 45.7 Å². The molecule has 1 aromatic carbocycles. The van der Waals surface area contributed by atoms with Crippen LogP contribution in [0.1, 0.15) is 47.7 Å². The highest BCUT2D eigenvalue weighted by Crippen LogP contribution is 2.42. The Hall–Kier alpha value is -2.24. The van der Waals surface area contributed by atoms with E-state index in [-0.39, 0.29) is 17.4 Å². The molecule has 0 radical (unpaired) electrons. The second-order valence-electron chi connectivity index (χ2n) is 9.00. The van der Waals surface area contributed by atoms with Crippen molar-refractivity contribution in [3.63, 3.8) is 0 Å². The summed E-state index contributed by atoms with van der Waals surface area (Å²) in [7, 11) is 2.15. The summed E-state index contributed by atoms with van der Waals surface area (Å²) >= 11 is 0. The summed E-state index contributed by atoms with van der Waals surface area (Å²) in [6.07, 6.45) is 8.07. The van der Waals surface area contributed by atoms with E-state index in [0.29, 0.717) is 0 Å². The van der Waals surface area contributed by atoms with Crippen molar-refractivity contribution in [3.05, 3.63) is 65.5 Å². The van der Waals surface area contributed by atoms with Gasteiger partial charge in [0.1, 0.15) is 0 Å². The van der Waals surface area contributed by atoms with Gasteiger partial charge in [-0.2, -0.15) is 0 Å². The molecule has 4 rings (SSSR count). The van der Waals surface area contributed by atoms with Gasteiger partial charge in [0.2, 0.25) is 0 Å². The molecule has 2 aromatic rings. The first kappa shape index (κ1) is 21.0. The fourth-order valence-electron chi connectivity index (χ4n) is 4.97. The number of nitrogens with zero attached hydrogens (tertiary/aromatic N) is 3. The second kappa shape index (κ2) is 9.27. The summed E-state index contributed by atoms with van der Waals surface area (Å²) in [5.74, 6) is 0.189. The number of benzene rings is 1. The van der Waals surface area contributed by atoms with E-state index in [0.717, 1.165) is 69.6 Å². The third-order valence-electron chi connectivity index (χ3n) is 6.72. The number of likely N-dealkylation sites (N-methyl/N-ethyl adjacent to an activating group) is 1. The van der Waals surface area contributed by atoms with Gasteiger partial charge in [0.05, 0.1) is 12.7 Å². The smallest absolute Gasteiger partial charge is 0.254 e. The lowest BCUT2D eigenvalue weighted by molar-refractivity contribution is 0.0456. The largest absolute Gasteiger partial charge is 0.376 e. The van der Waals surface area contributed by atoms with Crippen molar-refractivity contribution in [1.82, 2.24) is 14.8 Å². The quantitative estimate of drug-likeness (QED) is 0.731. The van der Waals surface area contributed by atoms with E-state index >= 15 is 0 Å². The molecule has 0 saturated carbocycles. The zero-order valence-electron chi connectivity index (χ0n) is 18.2. The Morgan fingerprint density at radius 2 is 2.03 bits per heavy atom. The van der Waals surface area contributed by atoms with Gasteiger partial charge >= 0.3 is 0 Å². The molecule has 2 aliphatic rings. The van der Waals surface area contributed by atoms with Crippen LogP contribution in [0.15, 0.2) is 48.8 Å². The predicted octanol–water partition coefficient (Wildman–Crippen LogP) is 3.79. The number of hydrogen-bond donors (Lipinski definition) is 0. The Bertz CT molecular complexity index is 846. The summed E-state index contributed by atoms with van der Waals surface area (Å²) in [5, 5.41) is 0. The van der Waals surface area contributed by atoms with E-state index in [2.05, 4.69) is 36.0 Å². The molecule has 30 heavy (non-hydrogen) atoms. The van der Waals surface area contributed by atoms with Gasteiger partial charge in [0, 0.05) is 44.1 Å². The lowest BCUT2D eigenvalue weighted by Gasteiger charge is -2.38. The van der Waals surface area contributed by atoms with Crippen molar-refractivity contribution in [2.75, 3.05) is 33.3 Å². The van der Waals surface area contributed by atoms with E-state index in [4.69, 9.17) is 4.74 Å². The van der Waals surface area contributed by atoms with Crippen molar-refractivity contribution < 1.29 is 9.53 Å². The van der Waals surface area contributed by atoms with Crippen LogP contribution < -0.4 is 0 Å². The van der Waals surface area contributed by atoms with Crippen LogP contribution in [0.4, 0.5) is 0 Å². The molecule has 160 valence electrons. The molecule has 2 saturated heterocycles. The summed E-state index contributed by atoms with van der Waals surface area (Å²) in [5.41, 5.74) is 3.48. The first-order chi connectivity index (χ1) is 14.6. The van der Waals surface area contributed by atoms with Crippen molar-refractivity contribution in [2.24, 2.45) is 5.41 Å². The normalized spacial score (nSPS) is 20.8. The lowest BCUT2D eigenvalue weighted by Crippen LogP contribution is -2.44. The summed E-state index contributed by atoms with van der Waals surface area (Å²) in [6, 6.07) is 12.1. The van der Waals surface area contributed by atoms with E-state index < -0.39 is 0 Å². The van der Waals surface area contributed by atoms with Crippen LogP contribution in [0.2, 0.25) is 0 Å². The summed E-state index contributed by atoms with van der Waals surface area (Å²) in [6.45, 7) is 6.42. The molecular formula is C25H33N3O2. The fourth-order valence-corrected chi connectivity index (χ4v) is 4.97. The Morgan fingerprint density at radius 3 is 2.77 bits per heavy atom. The van der Waals surface area contributed by atoms with Gasteiger partial charge in [-0.25, -0.2) is 0 Å². The average Bonchev–Trinajstić information content (AvgIpc) is 3.16. The number of carbonyl (C=O) groups excluding carboxylic acids is 1. The SMILES string of the molecule is CCc1ccccc1C(=O)N1CCC2(CC1)CO[C@H](CN(C)Cc1cccnc1)C2. The van der Waals surface area contributed by atoms with Crippen LogP contribution in [0, 0.1) is 5.41 Å². The van der Waals surface area contributed by atoms with Crippen LogP contribution in [-0.4, -0.2) is 60.1 Å². The zero-order chi connectivity index (χ0) is 21.0. The molecule has 2 aliphatic heterocycles. The maximum absolute atomic E-state index is 13.0. The minimum atomic E-state index is 0.189. The molecule has 2 fully saturated rings. The third kappa shape index (κ3) is 4.73. The number of aromatic nitrogens is 1. The van der Waals surface area contributed by atoms with Gasteiger partial charge in [-0.15, -0.1) is 0 Å². The van der Waals surface area contributed by atoms with Gasteiger partial charge in [-0.05, 0) is 61.4 Å². The van der Waals surface area contributed by atoms with Gasteiger partial charge in [-0.1, -0.05) is 31.2 Å².